The fourth-order valence-electron chi connectivity index (χ4n) is 3.14. The van der Waals surface area contributed by atoms with Crippen molar-refractivity contribution < 1.29 is 4.39 Å². The monoisotopic (exact) mass is 353 g/mol. The van der Waals surface area contributed by atoms with Crippen molar-refractivity contribution in [2.45, 2.75) is 20.0 Å². The average molecular weight is 353 g/mol. The van der Waals surface area contributed by atoms with Crippen LogP contribution in [0.4, 0.5) is 4.39 Å². The Labute approximate surface area is 147 Å². The van der Waals surface area contributed by atoms with E-state index in [2.05, 4.69) is 17.7 Å². The quantitative estimate of drug-likeness (QED) is 0.518. The Kier molecular flexibility index (Phi) is 3.77. The van der Waals surface area contributed by atoms with Gasteiger partial charge in [-0.2, -0.15) is 5.10 Å². The lowest BCUT2D eigenvalue weighted by molar-refractivity contribution is 0.574. The van der Waals surface area contributed by atoms with Gasteiger partial charge in [0, 0.05) is 22.4 Å². The van der Waals surface area contributed by atoms with E-state index in [0.29, 0.717) is 17.6 Å². The molecule has 0 aliphatic heterocycles. The van der Waals surface area contributed by atoms with E-state index in [4.69, 9.17) is 0 Å². The highest BCUT2D eigenvalue weighted by Gasteiger charge is 2.17. The van der Waals surface area contributed by atoms with Crippen LogP contribution in [0, 0.1) is 12.7 Å². The van der Waals surface area contributed by atoms with Gasteiger partial charge in [0.25, 0.3) is 5.56 Å². The number of benzene rings is 1. The summed E-state index contributed by atoms with van der Waals surface area (Å²) in [5, 5.41) is 5.12. The van der Waals surface area contributed by atoms with E-state index in [0.717, 1.165) is 15.6 Å². The van der Waals surface area contributed by atoms with Gasteiger partial charge < -0.3 is 4.57 Å². The van der Waals surface area contributed by atoms with Crippen LogP contribution in [0.5, 0.6) is 0 Å². The number of halogens is 1. The summed E-state index contributed by atoms with van der Waals surface area (Å²) >= 11 is 1.65. The summed E-state index contributed by atoms with van der Waals surface area (Å²) in [5.41, 5.74) is 1.83. The first-order valence-corrected chi connectivity index (χ1v) is 8.74. The van der Waals surface area contributed by atoms with Crippen molar-refractivity contribution in [2.75, 3.05) is 0 Å². The summed E-state index contributed by atoms with van der Waals surface area (Å²) in [7, 11) is 0. The standard InChI is InChI=1S/C19H16FN3OS/c1-3-8-22-16-9-12(2)25-18(16)14-10-21-23(19(24)17(14)22)11-13-6-4-5-7-15(13)20/h3-7,9-10H,1,8,11H2,2H3. The molecule has 0 fully saturated rings. The SMILES string of the molecule is C=CCn1c2cc(C)sc2c2cnn(Cc3ccccc3F)c(=O)c21. The smallest absolute Gasteiger partial charge is 0.291 e. The topological polar surface area (TPSA) is 39.8 Å². The maximum atomic E-state index is 13.9. The molecule has 0 amide bonds. The van der Waals surface area contributed by atoms with Crippen LogP contribution in [0.2, 0.25) is 0 Å². The van der Waals surface area contributed by atoms with Gasteiger partial charge in [-0.3, -0.25) is 4.79 Å². The Morgan fingerprint density at radius 1 is 1.36 bits per heavy atom. The molecule has 0 N–H and O–H groups in total. The maximum Gasteiger partial charge on any atom is 0.291 e. The van der Waals surface area contributed by atoms with E-state index in [1.165, 1.54) is 15.6 Å². The second-order valence-corrected chi connectivity index (χ2v) is 7.19. The predicted molar refractivity (Wildman–Crippen MR) is 99.8 cm³/mol. The summed E-state index contributed by atoms with van der Waals surface area (Å²) in [6.45, 7) is 6.48. The summed E-state index contributed by atoms with van der Waals surface area (Å²) in [6.07, 6.45) is 3.47. The van der Waals surface area contributed by atoms with Crippen LogP contribution >= 0.6 is 11.3 Å². The minimum atomic E-state index is -0.339. The van der Waals surface area contributed by atoms with Gasteiger partial charge >= 0.3 is 0 Å². The van der Waals surface area contributed by atoms with E-state index in [1.54, 1.807) is 41.8 Å². The molecule has 1 aromatic carbocycles. The first-order chi connectivity index (χ1) is 12.1. The van der Waals surface area contributed by atoms with E-state index >= 15 is 0 Å². The van der Waals surface area contributed by atoms with Crippen LogP contribution in [0.1, 0.15) is 10.4 Å². The normalized spacial score (nSPS) is 11.4. The van der Waals surface area contributed by atoms with E-state index in [1.807, 2.05) is 11.5 Å². The van der Waals surface area contributed by atoms with Crippen molar-refractivity contribution in [3.8, 4) is 0 Å². The van der Waals surface area contributed by atoms with Crippen LogP contribution in [0.3, 0.4) is 0 Å². The largest absolute Gasteiger partial charge is 0.331 e. The fraction of sp³-hybridized carbons (Fsp3) is 0.158. The maximum absolute atomic E-state index is 13.9. The second-order valence-electron chi connectivity index (χ2n) is 5.93. The van der Waals surface area contributed by atoms with Gasteiger partial charge in [-0.25, -0.2) is 9.07 Å². The van der Waals surface area contributed by atoms with Crippen LogP contribution in [0.25, 0.3) is 21.1 Å². The molecular formula is C19H16FN3OS. The van der Waals surface area contributed by atoms with Gasteiger partial charge in [0.1, 0.15) is 11.3 Å². The molecule has 0 radical (unpaired) electrons. The Morgan fingerprint density at radius 3 is 2.92 bits per heavy atom. The van der Waals surface area contributed by atoms with Gasteiger partial charge in [-0.1, -0.05) is 24.3 Å². The lowest BCUT2D eigenvalue weighted by Gasteiger charge is -2.08. The van der Waals surface area contributed by atoms with Crippen LogP contribution in [-0.4, -0.2) is 14.3 Å². The number of hydrogen-bond acceptors (Lipinski definition) is 3. The molecule has 0 atom stereocenters. The minimum absolute atomic E-state index is 0.105. The first-order valence-electron chi connectivity index (χ1n) is 7.93. The zero-order valence-electron chi connectivity index (χ0n) is 13.7. The fourth-order valence-corrected chi connectivity index (χ4v) is 4.17. The van der Waals surface area contributed by atoms with Crippen molar-refractivity contribution in [2.24, 2.45) is 0 Å². The predicted octanol–water partition coefficient (Wildman–Crippen LogP) is 4.09. The molecular weight excluding hydrogens is 337 g/mol. The number of fused-ring (bicyclic) bond motifs is 3. The molecule has 3 heterocycles. The summed E-state index contributed by atoms with van der Waals surface area (Å²) in [4.78, 5) is 14.2. The minimum Gasteiger partial charge on any atom is -0.331 e. The Hall–Kier alpha value is -2.73. The van der Waals surface area contributed by atoms with E-state index < -0.39 is 0 Å². The summed E-state index contributed by atoms with van der Waals surface area (Å²) in [5.74, 6) is -0.339. The van der Waals surface area contributed by atoms with Gasteiger partial charge in [-0.05, 0) is 19.1 Å². The molecule has 0 aliphatic rings. The number of hydrogen-bond donors (Lipinski definition) is 0. The van der Waals surface area contributed by atoms with E-state index in [-0.39, 0.29) is 17.9 Å². The van der Waals surface area contributed by atoms with Gasteiger partial charge in [0.05, 0.1) is 23.0 Å². The van der Waals surface area contributed by atoms with Gasteiger partial charge in [0.15, 0.2) is 0 Å². The van der Waals surface area contributed by atoms with Crippen molar-refractivity contribution in [3.05, 3.63) is 75.8 Å². The van der Waals surface area contributed by atoms with Crippen LogP contribution < -0.4 is 5.56 Å². The zero-order chi connectivity index (χ0) is 17.6. The molecule has 0 unspecified atom stereocenters. The van der Waals surface area contributed by atoms with Crippen molar-refractivity contribution in [1.29, 1.82) is 0 Å². The highest BCUT2D eigenvalue weighted by Crippen LogP contribution is 2.33. The number of rotatable bonds is 4. The molecule has 0 aliphatic carbocycles. The van der Waals surface area contributed by atoms with Crippen molar-refractivity contribution in [1.82, 2.24) is 14.3 Å². The molecule has 6 heteroatoms. The lowest BCUT2D eigenvalue weighted by Crippen LogP contribution is -2.25. The van der Waals surface area contributed by atoms with E-state index in [9.17, 15) is 9.18 Å². The number of nitrogens with zero attached hydrogens (tertiary/aromatic N) is 3. The molecule has 0 bridgehead atoms. The number of thiophene rings is 1. The van der Waals surface area contributed by atoms with Crippen LogP contribution in [0.15, 0.2) is 54.0 Å². The molecule has 4 rings (SSSR count). The van der Waals surface area contributed by atoms with Crippen LogP contribution in [-0.2, 0) is 13.1 Å². The molecule has 126 valence electrons. The molecule has 0 saturated heterocycles. The Bertz CT molecular complexity index is 1170. The molecule has 0 spiro atoms. The highest BCUT2D eigenvalue weighted by molar-refractivity contribution is 7.20. The lowest BCUT2D eigenvalue weighted by atomic mass is 10.2. The summed E-state index contributed by atoms with van der Waals surface area (Å²) in [6, 6.07) is 8.51. The third-order valence-electron chi connectivity index (χ3n) is 4.25. The molecule has 4 aromatic rings. The Morgan fingerprint density at radius 2 is 2.16 bits per heavy atom. The van der Waals surface area contributed by atoms with Gasteiger partial charge in [-0.15, -0.1) is 17.9 Å². The third kappa shape index (κ3) is 2.49. The zero-order valence-corrected chi connectivity index (χ0v) is 14.5. The highest BCUT2D eigenvalue weighted by atomic mass is 32.1. The Balaban J connectivity index is 1.96. The average Bonchev–Trinajstić information content (AvgIpc) is 3.09. The molecule has 25 heavy (non-hydrogen) atoms. The number of aromatic nitrogens is 3. The summed E-state index contributed by atoms with van der Waals surface area (Å²) < 4.78 is 18.3. The third-order valence-corrected chi connectivity index (χ3v) is 5.32. The first kappa shape index (κ1) is 15.8. The van der Waals surface area contributed by atoms with Crippen molar-refractivity contribution in [3.63, 3.8) is 0 Å². The molecule has 0 saturated carbocycles. The van der Waals surface area contributed by atoms with Crippen molar-refractivity contribution >= 4 is 32.5 Å². The van der Waals surface area contributed by atoms with Gasteiger partial charge in [0.2, 0.25) is 0 Å². The number of allylic oxidation sites excluding steroid dienone is 1. The number of aryl methyl sites for hydroxylation is 1. The molecule has 4 nitrogen and oxygen atoms in total. The second kappa shape index (κ2) is 5.97. The molecule has 3 aromatic heterocycles.